The molecule has 0 atom stereocenters. The standard InChI is InChI=1S/C16H18FNO2/c1-19-16-12-13(17)8-9-15(16)18-10-5-11-20-14-6-3-2-4-7-14/h2-4,6-9,12,18H,5,10-11H2,1H3. The summed E-state index contributed by atoms with van der Waals surface area (Å²) in [4.78, 5) is 0. The fourth-order valence-corrected chi connectivity index (χ4v) is 1.81. The minimum atomic E-state index is -0.306. The highest BCUT2D eigenvalue weighted by Crippen LogP contribution is 2.24. The van der Waals surface area contributed by atoms with Crippen molar-refractivity contribution in [1.82, 2.24) is 0 Å². The zero-order valence-electron chi connectivity index (χ0n) is 11.4. The number of nitrogens with one attached hydrogen (secondary N) is 1. The molecule has 0 saturated heterocycles. The first-order valence-electron chi connectivity index (χ1n) is 6.55. The Labute approximate surface area is 118 Å². The first-order chi connectivity index (χ1) is 9.79. The molecule has 2 aromatic rings. The number of methoxy groups -OCH3 is 1. The van der Waals surface area contributed by atoms with E-state index in [1.54, 1.807) is 6.07 Å². The first-order valence-corrected chi connectivity index (χ1v) is 6.55. The number of hydrogen-bond acceptors (Lipinski definition) is 3. The summed E-state index contributed by atoms with van der Waals surface area (Å²) < 4.78 is 23.7. The minimum Gasteiger partial charge on any atom is -0.494 e. The third-order valence-corrected chi connectivity index (χ3v) is 2.81. The van der Waals surface area contributed by atoms with E-state index in [0.717, 1.165) is 24.4 Å². The van der Waals surface area contributed by atoms with Crippen LogP contribution >= 0.6 is 0 Å². The number of hydrogen-bond donors (Lipinski definition) is 1. The minimum absolute atomic E-state index is 0.306. The Morgan fingerprint density at radius 2 is 1.90 bits per heavy atom. The molecule has 0 radical (unpaired) electrons. The lowest BCUT2D eigenvalue weighted by Crippen LogP contribution is -2.08. The maximum atomic E-state index is 13.0. The van der Waals surface area contributed by atoms with Gasteiger partial charge in [0.2, 0.25) is 0 Å². The highest BCUT2D eigenvalue weighted by Gasteiger charge is 2.03. The summed E-state index contributed by atoms with van der Waals surface area (Å²) in [6.45, 7) is 1.36. The van der Waals surface area contributed by atoms with Crippen molar-refractivity contribution >= 4 is 5.69 Å². The lowest BCUT2D eigenvalue weighted by molar-refractivity contribution is 0.315. The maximum Gasteiger partial charge on any atom is 0.144 e. The molecule has 0 aliphatic heterocycles. The third-order valence-electron chi connectivity index (χ3n) is 2.81. The van der Waals surface area contributed by atoms with Gasteiger partial charge in [-0.3, -0.25) is 0 Å². The van der Waals surface area contributed by atoms with Crippen molar-refractivity contribution in [3.05, 3.63) is 54.3 Å². The van der Waals surface area contributed by atoms with Gasteiger partial charge >= 0.3 is 0 Å². The second-order valence-corrected chi connectivity index (χ2v) is 4.29. The average molecular weight is 275 g/mol. The molecule has 106 valence electrons. The number of benzene rings is 2. The van der Waals surface area contributed by atoms with Crippen LogP contribution in [-0.4, -0.2) is 20.3 Å². The van der Waals surface area contributed by atoms with Crippen LogP contribution in [0.2, 0.25) is 0 Å². The van der Waals surface area contributed by atoms with Crippen LogP contribution in [0.5, 0.6) is 11.5 Å². The Hall–Kier alpha value is -2.23. The van der Waals surface area contributed by atoms with Gasteiger partial charge in [-0.15, -0.1) is 0 Å². The number of para-hydroxylation sites is 1. The van der Waals surface area contributed by atoms with Gasteiger partial charge in [0.15, 0.2) is 0 Å². The van der Waals surface area contributed by atoms with Crippen LogP contribution < -0.4 is 14.8 Å². The van der Waals surface area contributed by atoms with E-state index in [1.165, 1.54) is 19.2 Å². The molecule has 0 aromatic heterocycles. The van der Waals surface area contributed by atoms with Gasteiger partial charge in [-0.2, -0.15) is 0 Å². The molecule has 0 bridgehead atoms. The molecule has 4 heteroatoms. The number of anilines is 1. The molecule has 3 nitrogen and oxygen atoms in total. The topological polar surface area (TPSA) is 30.5 Å². The van der Waals surface area contributed by atoms with Crippen molar-refractivity contribution < 1.29 is 13.9 Å². The molecule has 0 aliphatic rings. The second kappa shape index (κ2) is 7.38. The van der Waals surface area contributed by atoms with Gasteiger partial charge in [0.1, 0.15) is 17.3 Å². The van der Waals surface area contributed by atoms with Gasteiger partial charge in [0.25, 0.3) is 0 Å². The fourth-order valence-electron chi connectivity index (χ4n) is 1.81. The smallest absolute Gasteiger partial charge is 0.144 e. The van der Waals surface area contributed by atoms with E-state index in [9.17, 15) is 4.39 Å². The SMILES string of the molecule is COc1cc(F)ccc1NCCCOc1ccccc1. The van der Waals surface area contributed by atoms with Gasteiger partial charge in [-0.25, -0.2) is 4.39 Å². The van der Waals surface area contributed by atoms with E-state index in [1.807, 2.05) is 30.3 Å². The molecule has 2 rings (SSSR count). The maximum absolute atomic E-state index is 13.0. The summed E-state index contributed by atoms with van der Waals surface area (Å²) in [5.41, 5.74) is 0.786. The quantitative estimate of drug-likeness (QED) is 0.781. The lowest BCUT2D eigenvalue weighted by Gasteiger charge is -2.11. The van der Waals surface area contributed by atoms with Crippen LogP contribution in [0.15, 0.2) is 48.5 Å². The summed E-state index contributed by atoms with van der Waals surface area (Å²) in [7, 11) is 1.53. The molecule has 0 fully saturated rings. The predicted octanol–water partition coefficient (Wildman–Crippen LogP) is 3.72. The molecule has 2 aromatic carbocycles. The van der Waals surface area contributed by atoms with Crippen molar-refractivity contribution in [2.75, 3.05) is 25.6 Å². The van der Waals surface area contributed by atoms with Crippen molar-refractivity contribution in [2.45, 2.75) is 6.42 Å². The fraction of sp³-hybridized carbons (Fsp3) is 0.250. The van der Waals surface area contributed by atoms with E-state index in [4.69, 9.17) is 9.47 Å². The van der Waals surface area contributed by atoms with Gasteiger partial charge in [0.05, 0.1) is 19.4 Å². The lowest BCUT2D eigenvalue weighted by atomic mass is 10.2. The van der Waals surface area contributed by atoms with E-state index in [0.29, 0.717) is 12.4 Å². The normalized spacial score (nSPS) is 10.1. The zero-order chi connectivity index (χ0) is 14.2. The Balaban J connectivity index is 1.73. The summed E-state index contributed by atoms with van der Waals surface area (Å²) in [5, 5.41) is 3.21. The monoisotopic (exact) mass is 275 g/mol. The predicted molar refractivity (Wildman–Crippen MR) is 78.0 cm³/mol. The third kappa shape index (κ3) is 4.16. The highest BCUT2D eigenvalue weighted by atomic mass is 19.1. The second-order valence-electron chi connectivity index (χ2n) is 4.29. The van der Waals surface area contributed by atoms with Crippen LogP contribution in [0.3, 0.4) is 0 Å². The molecular weight excluding hydrogens is 257 g/mol. The Morgan fingerprint density at radius 1 is 1.10 bits per heavy atom. The summed E-state index contributed by atoms with van der Waals surface area (Å²) in [6.07, 6.45) is 0.843. The number of rotatable bonds is 7. The van der Waals surface area contributed by atoms with Crippen molar-refractivity contribution in [1.29, 1.82) is 0 Å². The van der Waals surface area contributed by atoms with Gasteiger partial charge in [0, 0.05) is 12.6 Å². The average Bonchev–Trinajstić information content (AvgIpc) is 2.49. The van der Waals surface area contributed by atoms with Crippen LogP contribution in [0.25, 0.3) is 0 Å². The summed E-state index contributed by atoms with van der Waals surface area (Å²) in [5.74, 6) is 1.07. The van der Waals surface area contributed by atoms with E-state index >= 15 is 0 Å². The number of halogens is 1. The Bertz CT molecular complexity index is 531. The van der Waals surface area contributed by atoms with Gasteiger partial charge in [-0.05, 0) is 30.7 Å². The Morgan fingerprint density at radius 3 is 2.65 bits per heavy atom. The molecular formula is C16H18FNO2. The van der Waals surface area contributed by atoms with Crippen LogP contribution in [0, 0.1) is 5.82 Å². The summed E-state index contributed by atoms with van der Waals surface area (Å²) >= 11 is 0. The van der Waals surface area contributed by atoms with Gasteiger partial charge < -0.3 is 14.8 Å². The van der Waals surface area contributed by atoms with Crippen LogP contribution in [-0.2, 0) is 0 Å². The molecule has 0 amide bonds. The van der Waals surface area contributed by atoms with Crippen molar-refractivity contribution in [3.63, 3.8) is 0 Å². The molecule has 0 aliphatic carbocycles. The largest absolute Gasteiger partial charge is 0.494 e. The molecule has 1 N–H and O–H groups in total. The molecule has 0 saturated carbocycles. The van der Waals surface area contributed by atoms with Crippen LogP contribution in [0.1, 0.15) is 6.42 Å². The molecule has 20 heavy (non-hydrogen) atoms. The molecule has 0 heterocycles. The van der Waals surface area contributed by atoms with E-state index in [-0.39, 0.29) is 5.82 Å². The van der Waals surface area contributed by atoms with Gasteiger partial charge in [-0.1, -0.05) is 18.2 Å². The highest BCUT2D eigenvalue weighted by molar-refractivity contribution is 5.56. The van der Waals surface area contributed by atoms with Crippen molar-refractivity contribution in [3.8, 4) is 11.5 Å². The van der Waals surface area contributed by atoms with E-state index in [2.05, 4.69) is 5.32 Å². The molecule has 0 spiro atoms. The summed E-state index contributed by atoms with van der Waals surface area (Å²) in [6, 6.07) is 14.1. The first kappa shape index (κ1) is 14.2. The van der Waals surface area contributed by atoms with E-state index < -0.39 is 0 Å². The number of ether oxygens (including phenoxy) is 2. The van der Waals surface area contributed by atoms with Crippen molar-refractivity contribution in [2.24, 2.45) is 0 Å². The van der Waals surface area contributed by atoms with Crippen LogP contribution in [0.4, 0.5) is 10.1 Å². The Kier molecular flexibility index (Phi) is 5.24. The zero-order valence-corrected chi connectivity index (χ0v) is 11.4. The molecule has 0 unspecified atom stereocenters.